The predicted octanol–water partition coefficient (Wildman–Crippen LogP) is 3.16. The number of benzene rings is 1. The van der Waals surface area contributed by atoms with Gasteiger partial charge in [0.1, 0.15) is 11.0 Å². The molecule has 0 spiro atoms. The molecule has 0 fully saturated rings. The molecular formula is C13H13ClN2O2. The van der Waals surface area contributed by atoms with Crippen molar-refractivity contribution in [1.82, 2.24) is 4.98 Å². The molecule has 0 amide bonds. The van der Waals surface area contributed by atoms with Crippen LogP contribution in [0.2, 0.25) is 5.15 Å². The molecule has 1 heterocycles. The summed E-state index contributed by atoms with van der Waals surface area (Å²) in [4.78, 5) is 14.6. The summed E-state index contributed by atoms with van der Waals surface area (Å²) in [7, 11) is 0. The van der Waals surface area contributed by atoms with E-state index in [1.165, 1.54) is 0 Å². The number of halogens is 1. The van der Waals surface area contributed by atoms with Crippen molar-refractivity contribution >= 4 is 34.2 Å². The van der Waals surface area contributed by atoms with Crippen molar-refractivity contribution in [2.75, 3.05) is 11.9 Å². The Kier molecular flexibility index (Phi) is 3.99. The van der Waals surface area contributed by atoms with Crippen molar-refractivity contribution in [3.8, 4) is 0 Å². The maximum Gasteiger partial charge on any atom is 0.303 e. The second-order valence-corrected chi connectivity index (χ2v) is 4.33. The number of rotatable bonds is 5. The van der Waals surface area contributed by atoms with Crippen LogP contribution < -0.4 is 5.32 Å². The largest absolute Gasteiger partial charge is 0.481 e. The molecule has 0 unspecified atom stereocenters. The first-order valence-electron chi connectivity index (χ1n) is 5.68. The summed E-state index contributed by atoms with van der Waals surface area (Å²) in [6.07, 6.45) is 0.698. The molecule has 2 N–H and O–H groups in total. The molecule has 0 aliphatic rings. The topological polar surface area (TPSA) is 62.2 Å². The van der Waals surface area contributed by atoms with Gasteiger partial charge in [-0.3, -0.25) is 4.79 Å². The van der Waals surface area contributed by atoms with Crippen LogP contribution in [0.4, 0.5) is 5.82 Å². The zero-order valence-corrected chi connectivity index (χ0v) is 10.4. The maximum absolute atomic E-state index is 10.4. The Morgan fingerprint density at radius 1 is 1.39 bits per heavy atom. The van der Waals surface area contributed by atoms with Crippen LogP contribution in [0.1, 0.15) is 12.8 Å². The zero-order chi connectivity index (χ0) is 13.0. The minimum atomic E-state index is -0.791. The van der Waals surface area contributed by atoms with E-state index in [4.69, 9.17) is 16.7 Å². The number of aliphatic carboxylic acids is 1. The van der Waals surface area contributed by atoms with Crippen LogP contribution in [0, 0.1) is 0 Å². The van der Waals surface area contributed by atoms with Gasteiger partial charge >= 0.3 is 5.97 Å². The van der Waals surface area contributed by atoms with Crippen LogP contribution in [0.5, 0.6) is 0 Å². The fourth-order valence-electron chi connectivity index (χ4n) is 1.75. The molecule has 94 valence electrons. The van der Waals surface area contributed by atoms with Crippen molar-refractivity contribution in [2.24, 2.45) is 0 Å². The van der Waals surface area contributed by atoms with Gasteiger partial charge in [-0.15, -0.1) is 0 Å². The zero-order valence-electron chi connectivity index (χ0n) is 9.69. The summed E-state index contributed by atoms with van der Waals surface area (Å²) < 4.78 is 0. The Labute approximate surface area is 110 Å². The number of carboxylic acid groups (broad SMARTS) is 1. The van der Waals surface area contributed by atoms with Gasteiger partial charge in [0.25, 0.3) is 0 Å². The smallest absolute Gasteiger partial charge is 0.303 e. The monoisotopic (exact) mass is 264 g/mol. The molecule has 0 radical (unpaired) electrons. The van der Waals surface area contributed by atoms with E-state index < -0.39 is 5.97 Å². The van der Waals surface area contributed by atoms with Crippen LogP contribution in [-0.2, 0) is 4.79 Å². The SMILES string of the molecule is O=C(O)CCCNc1nc(Cl)cc2ccccc12. The van der Waals surface area contributed by atoms with Crippen LogP contribution in [-0.4, -0.2) is 22.6 Å². The summed E-state index contributed by atoms with van der Waals surface area (Å²) in [6.45, 7) is 0.559. The fourth-order valence-corrected chi connectivity index (χ4v) is 1.95. The summed E-state index contributed by atoms with van der Waals surface area (Å²) in [5, 5.41) is 14.1. The Morgan fingerprint density at radius 3 is 2.94 bits per heavy atom. The molecule has 1 aromatic carbocycles. The molecule has 0 bridgehead atoms. The molecule has 18 heavy (non-hydrogen) atoms. The molecule has 0 saturated carbocycles. The highest BCUT2D eigenvalue weighted by molar-refractivity contribution is 6.30. The third-order valence-corrected chi connectivity index (χ3v) is 2.76. The van der Waals surface area contributed by atoms with Gasteiger partial charge in [-0.2, -0.15) is 0 Å². The third-order valence-electron chi connectivity index (χ3n) is 2.57. The molecule has 2 aromatic rings. The highest BCUT2D eigenvalue weighted by Crippen LogP contribution is 2.24. The number of nitrogens with one attached hydrogen (secondary N) is 1. The molecule has 4 nitrogen and oxygen atoms in total. The van der Waals surface area contributed by atoms with E-state index in [2.05, 4.69) is 10.3 Å². The minimum Gasteiger partial charge on any atom is -0.481 e. The number of fused-ring (bicyclic) bond motifs is 1. The van der Waals surface area contributed by atoms with Gasteiger partial charge in [0, 0.05) is 18.4 Å². The fraction of sp³-hybridized carbons (Fsp3) is 0.231. The van der Waals surface area contributed by atoms with E-state index >= 15 is 0 Å². The summed E-state index contributed by atoms with van der Waals surface area (Å²) in [5.41, 5.74) is 0. The normalized spacial score (nSPS) is 10.5. The lowest BCUT2D eigenvalue weighted by Gasteiger charge is -2.08. The summed E-state index contributed by atoms with van der Waals surface area (Å²) in [6, 6.07) is 9.59. The van der Waals surface area contributed by atoms with Gasteiger partial charge in [0.2, 0.25) is 0 Å². The number of aromatic nitrogens is 1. The number of nitrogens with zero attached hydrogens (tertiary/aromatic N) is 1. The lowest BCUT2D eigenvalue weighted by atomic mass is 10.1. The lowest BCUT2D eigenvalue weighted by molar-refractivity contribution is -0.137. The van der Waals surface area contributed by atoms with Crippen molar-refractivity contribution < 1.29 is 9.90 Å². The van der Waals surface area contributed by atoms with Crippen LogP contribution in [0.3, 0.4) is 0 Å². The van der Waals surface area contributed by atoms with Gasteiger partial charge in [-0.1, -0.05) is 35.9 Å². The van der Waals surface area contributed by atoms with Crippen molar-refractivity contribution in [1.29, 1.82) is 0 Å². The molecule has 0 aliphatic carbocycles. The van der Waals surface area contributed by atoms with E-state index in [0.717, 1.165) is 10.8 Å². The number of pyridine rings is 1. The molecule has 0 aliphatic heterocycles. The Balaban J connectivity index is 2.14. The quantitative estimate of drug-likeness (QED) is 0.643. The molecule has 0 saturated heterocycles. The molecular weight excluding hydrogens is 252 g/mol. The van der Waals surface area contributed by atoms with Crippen molar-refractivity contribution in [2.45, 2.75) is 12.8 Å². The van der Waals surface area contributed by atoms with Crippen molar-refractivity contribution in [3.63, 3.8) is 0 Å². The summed E-state index contributed by atoms with van der Waals surface area (Å²) in [5.74, 6) is -0.0933. The van der Waals surface area contributed by atoms with Gasteiger partial charge in [-0.25, -0.2) is 4.98 Å². The highest BCUT2D eigenvalue weighted by atomic mass is 35.5. The lowest BCUT2D eigenvalue weighted by Crippen LogP contribution is -2.06. The average molecular weight is 265 g/mol. The van der Waals surface area contributed by atoms with Gasteiger partial charge in [0.15, 0.2) is 0 Å². The number of carbonyl (C=O) groups is 1. The van der Waals surface area contributed by atoms with Gasteiger partial charge < -0.3 is 10.4 Å². The third kappa shape index (κ3) is 3.11. The van der Waals surface area contributed by atoms with E-state index in [9.17, 15) is 4.79 Å². The van der Waals surface area contributed by atoms with E-state index in [0.29, 0.717) is 23.9 Å². The molecule has 5 heteroatoms. The van der Waals surface area contributed by atoms with Gasteiger partial charge in [-0.05, 0) is 17.9 Å². The first-order valence-corrected chi connectivity index (χ1v) is 6.05. The van der Waals surface area contributed by atoms with E-state index in [-0.39, 0.29) is 6.42 Å². The molecule has 1 aromatic heterocycles. The van der Waals surface area contributed by atoms with Crippen LogP contribution >= 0.6 is 11.6 Å². The number of carboxylic acids is 1. The summed E-state index contributed by atoms with van der Waals surface area (Å²) >= 11 is 5.94. The number of anilines is 1. The van der Waals surface area contributed by atoms with E-state index in [1.807, 2.05) is 24.3 Å². The number of hydrogen-bond acceptors (Lipinski definition) is 3. The molecule has 2 rings (SSSR count). The predicted molar refractivity (Wildman–Crippen MR) is 72.1 cm³/mol. The van der Waals surface area contributed by atoms with Crippen molar-refractivity contribution in [3.05, 3.63) is 35.5 Å². The first-order chi connectivity index (χ1) is 8.66. The second-order valence-electron chi connectivity index (χ2n) is 3.94. The van der Waals surface area contributed by atoms with Crippen LogP contribution in [0.25, 0.3) is 10.8 Å². The minimum absolute atomic E-state index is 0.144. The maximum atomic E-state index is 10.4. The Morgan fingerprint density at radius 2 is 2.17 bits per heavy atom. The second kappa shape index (κ2) is 5.69. The molecule has 0 atom stereocenters. The highest BCUT2D eigenvalue weighted by Gasteiger charge is 2.04. The van der Waals surface area contributed by atoms with Gasteiger partial charge in [0.05, 0.1) is 0 Å². The van der Waals surface area contributed by atoms with E-state index in [1.54, 1.807) is 6.07 Å². The first kappa shape index (κ1) is 12.6. The standard InChI is InChI=1S/C13H13ClN2O2/c14-11-8-9-4-1-2-5-10(9)13(16-11)15-7-3-6-12(17)18/h1-2,4-5,8H,3,6-7H2,(H,15,16)(H,17,18). The Bertz CT molecular complexity index is 572. The Hall–Kier alpha value is -1.81. The number of hydrogen-bond donors (Lipinski definition) is 2. The van der Waals surface area contributed by atoms with Crippen LogP contribution in [0.15, 0.2) is 30.3 Å². The average Bonchev–Trinajstić information content (AvgIpc) is 2.34.